The molecule has 2 heteroatoms. The molecule has 1 aromatic rings. The van der Waals surface area contributed by atoms with E-state index in [-0.39, 0.29) is 12.1 Å². The molecule has 0 bridgehead atoms. The molecule has 0 aliphatic heterocycles. The fourth-order valence-corrected chi connectivity index (χ4v) is 2.27. The smallest absolute Gasteiger partial charge is 0.0786 e. The Balaban J connectivity index is 2.86. The minimum atomic E-state index is -0.0446. The van der Waals surface area contributed by atoms with Crippen LogP contribution < -0.4 is 5.73 Å². The highest BCUT2D eigenvalue weighted by atomic mass is 16.5. The van der Waals surface area contributed by atoms with Crippen LogP contribution in [0, 0.1) is 5.92 Å². The number of methoxy groups -OCH3 is 1. The van der Waals surface area contributed by atoms with Crippen LogP contribution in [0.4, 0.5) is 0 Å². The van der Waals surface area contributed by atoms with E-state index < -0.39 is 0 Å². The first-order chi connectivity index (χ1) is 8.10. The van der Waals surface area contributed by atoms with Gasteiger partial charge in [-0.2, -0.15) is 0 Å². The largest absolute Gasteiger partial charge is 0.379 e. The minimum Gasteiger partial charge on any atom is -0.379 e. The zero-order valence-corrected chi connectivity index (χ0v) is 11.4. The van der Waals surface area contributed by atoms with Gasteiger partial charge in [0.1, 0.15) is 0 Å². The molecule has 17 heavy (non-hydrogen) atoms. The van der Waals surface area contributed by atoms with Crippen molar-refractivity contribution >= 4 is 0 Å². The number of hydrogen-bond donors (Lipinski definition) is 1. The van der Waals surface area contributed by atoms with E-state index >= 15 is 0 Å². The van der Waals surface area contributed by atoms with Crippen molar-refractivity contribution in [2.24, 2.45) is 11.7 Å². The van der Waals surface area contributed by atoms with E-state index in [0.29, 0.717) is 5.92 Å². The molecule has 2 nitrogen and oxygen atoms in total. The maximum atomic E-state index is 6.29. The molecule has 0 aliphatic carbocycles. The summed E-state index contributed by atoms with van der Waals surface area (Å²) in [5, 5.41) is 0. The third-order valence-electron chi connectivity index (χ3n) is 3.16. The first-order valence-electron chi connectivity index (χ1n) is 6.47. The monoisotopic (exact) mass is 235 g/mol. The third kappa shape index (κ3) is 3.83. The number of hydrogen-bond acceptors (Lipinski definition) is 2. The van der Waals surface area contributed by atoms with Gasteiger partial charge in [0.05, 0.1) is 12.1 Å². The van der Waals surface area contributed by atoms with Gasteiger partial charge < -0.3 is 10.5 Å². The highest BCUT2D eigenvalue weighted by Crippen LogP contribution is 2.23. The van der Waals surface area contributed by atoms with E-state index in [0.717, 1.165) is 12.8 Å². The predicted octanol–water partition coefficient (Wildman–Crippen LogP) is 3.31. The molecule has 0 heterocycles. The van der Waals surface area contributed by atoms with E-state index in [9.17, 15) is 0 Å². The fraction of sp³-hybridized carbons (Fsp3) is 0.600. The SMILES string of the molecule is CCCc1cccc(C(N)C(OC)C(C)C)c1. The van der Waals surface area contributed by atoms with E-state index in [1.165, 1.54) is 11.1 Å². The highest BCUT2D eigenvalue weighted by Gasteiger charge is 2.22. The fourth-order valence-electron chi connectivity index (χ4n) is 2.27. The van der Waals surface area contributed by atoms with E-state index in [4.69, 9.17) is 10.5 Å². The Morgan fingerprint density at radius 2 is 2.00 bits per heavy atom. The Bertz CT molecular complexity index is 335. The van der Waals surface area contributed by atoms with Crippen molar-refractivity contribution in [1.82, 2.24) is 0 Å². The van der Waals surface area contributed by atoms with Crippen molar-refractivity contribution in [3.05, 3.63) is 35.4 Å². The van der Waals surface area contributed by atoms with Gasteiger partial charge in [-0.1, -0.05) is 51.5 Å². The third-order valence-corrected chi connectivity index (χ3v) is 3.16. The molecular weight excluding hydrogens is 210 g/mol. The van der Waals surface area contributed by atoms with E-state index in [1.54, 1.807) is 7.11 Å². The molecule has 0 saturated carbocycles. The van der Waals surface area contributed by atoms with Gasteiger partial charge >= 0.3 is 0 Å². The quantitative estimate of drug-likeness (QED) is 0.821. The zero-order chi connectivity index (χ0) is 12.8. The van der Waals surface area contributed by atoms with Gasteiger partial charge in [0, 0.05) is 7.11 Å². The van der Waals surface area contributed by atoms with Crippen molar-refractivity contribution < 1.29 is 4.74 Å². The number of aryl methyl sites for hydroxylation is 1. The summed E-state index contributed by atoms with van der Waals surface area (Å²) in [5.41, 5.74) is 8.83. The van der Waals surface area contributed by atoms with Gasteiger partial charge in [0.25, 0.3) is 0 Å². The summed E-state index contributed by atoms with van der Waals surface area (Å²) in [7, 11) is 1.74. The van der Waals surface area contributed by atoms with Crippen LogP contribution in [0.2, 0.25) is 0 Å². The molecule has 0 fully saturated rings. The lowest BCUT2D eigenvalue weighted by atomic mass is 9.93. The van der Waals surface area contributed by atoms with Crippen LogP contribution >= 0.6 is 0 Å². The molecule has 2 atom stereocenters. The summed E-state index contributed by atoms with van der Waals surface area (Å²) < 4.78 is 5.50. The molecule has 2 N–H and O–H groups in total. The second-order valence-corrected chi connectivity index (χ2v) is 4.97. The lowest BCUT2D eigenvalue weighted by molar-refractivity contribution is 0.0437. The topological polar surface area (TPSA) is 35.2 Å². The Hall–Kier alpha value is -0.860. The molecule has 96 valence electrons. The first-order valence-corrected chi connectivity index (χ1v) is 6.47. The second kappa shape index (κ2) is 6.77. The molecule has 0 aliphatic rings. The maximum Gasteiger partial charge on any atom is 0.0786 e. The molecular formula is C15H25NO. The second-order valence-electron chi connectivity index (χ2n) is 4.97. The lowest BCUT2D eigenvalue weighted by Crippen LogP contribution is -2.32. The predicted molar refractivity (Wildman–Crippen MR) is 73.0 cm³/mol. The zero-order valence-electron chi connectivity index (χ0n) is 11.4. The van der Waals surface area contributed by atoms with Crippen LogP contribution in [0.15, 0.2) is 24.3 Å². The van der Waals surface area contributed by atoms with E-state index in [1.807, 2.05) is 0 Å². The van der Waals surface area contributed by atoms with Gasteiger partial charge in [-0.3, -0.25) is 0 Å². The number of nitrogens with two attached hydrogens (primary N) is 1. The van der Waals surface area contributed by atoms with Crippen LogP contribution in [-0.2, 0) is 11.2 Å². The molecule has 1 aromatic carbocycles. The van der Waals surface area contributed by atoms with Gasteiger partial charge in [-0.05, 0) is 23.5 Å². The van der Waals surface area contributed by atoms with Crippen molar-refractivity contribution in [3.8, 4) is 0 Å². The maximum absolute atomic E-state index is 6.29. The van der Waals surface area contributed by atoms with Crippen molar-refractivity contribution in [1.29, 1.82) is 0 Å². The number of ether oxygens (including phenoxy) is 1. The van der Waals surface area contributed by atoms with Gasteiger partial charge in [0.2, 0.25) is 0 Å². The molecule has 0 aromatic heterocycles. The van der Waals surface area contributed by atoms with Crippen molar-refractivity contribution in [2.75, 3.05) is 7.11 Å². The van der Waals surface area contributed by atoms with Crippen LogP contribution in [0.25, 0.3) is 0 Å². The van der Waals surface area contributed by atoms with Gasteiger partial charge in [0.15, 0.2) is 0 Å². The molecule has 0 saturated heterocycles. The van der Waals surface area contributed by atoms with Crippen LogP contribution in [0.5, 0.6) is 0 Å². The average molecular weight is 235 g/mol. The summed E-state index contributed by atoms with van der Waals surface area (Å²) >= 11 is 0. The van der Waals surface area contributed by atoms with E-state index in [2.05, 4.69) is 45.0 Å². The molecule has 0 amide bonds. The molecule has 2 unspecified atom stereocenters. The molecule has 1 rings (SSSR count). The first kappa shape index (κ1) is 14.2. The number of rotatable bonds is 6. The van der Waals surface area contributed by atoms with Crippen molar-refractivity contribution in [2.45, 2.75) is 45.8 Å². The summed E-state index contributed by atoms with van der Waals surface area (Å²) in [6.07, 6.45) is 2.35. The summed E-state index contributed by atoms with van der Waals surface area (Å²) in [6, 6.07) is 8.52. The number of benzene rings is 1. The van der Waals surface area contributed by atoms with Gasteiger partial charge in [-0.25, -0.2) is 0 Å². The average Bonchev–Trinajstić information content (AvgIpc) is 2.30. The standard InChI is InChI=1S/C15H25NO/c1-5-7-12-8-6-9-13(10-12)14(16)15(17-4)11(2)3/h6,8-11,14-15H,5,7,16H2,1-4H3. The normalized spacial score (nSPS) is 14.9. The lowest BCUT2D eigenvalue weighted by Gasteiger charge is -2.26. The van der Waals surface area contributed by atoms with Crippen LogP contribution in [0.3, 0.4) is 0 Å². The molecule has 0 spiro atoms. The summed E-state index contributed by atoms with van der Waals surface area (Å²) in [6.45, 7) is 6.48. The summed E-state index contributed by atoms with van der Waals surface area (Å²) in [5.74, 6) is 0.421. The van der Waals surface area contributed by atoms with Gasteiger partial charge in [-0.15, -0.1) is 0 Å². The Morgan fingerprint density at radius 3 is 2.53 bits per heavy atom. The Morgan fingerprint density at radius 1 is 1.29 bits per heavy atom. The Labute approximate surface area is 105 Å². The Kier molecular flexibility index (Phi) is 5.66. The van der Waals surface area contributed by atoms with Crippen molar-refractivity contribution in [3.63, 3.8) is 0 Å². The minimum absolute atomic E-state index is 0.0446. The highest BCUT2D eigenvalue weighted by molar-refractivity contribution is 5.26. The molecule has 0 radical (unpaired) electrons. The van der Waals surface area contributed by atoms with Crippen LogP contribution in [0.1, 0.15) is 44.4 Å². The van der Waals surface area contributed by atoms with Crippen LogP contribution in [-0.4, -0.2) is 13.2 Å². The summed E-state index contributed by atoms with van der Waals surface area (Å²) in [4.78, 5) is 0.